The van der Waals surface area contributed by atoms with E-state index in [0.29, 0.717) is 18.9 Å². The molecular weight excluding hydrogens is 559 g/mol. The number of carbonyl (C=O) groups is 1. The Labute approximate surface area is 236 Å². The topological polar surface area (TPSA) is 119 Å². The first-order valence-corrected chi connectivity index (χ1v) is 14.5. The molecule has 40 heavy (non-hydrogen) atoms. The van der Waals surface area contributed by atoms with Crippen LogP contribution in [0, 0.1) is 5.82 Å². The van der Waals surface area contributed by atoms with Crippen LogP contribution in [-0.4, -0.2) is 63.1 Å². The Morgan fingerprint density at radius 2 is 1.93 bits per heavy atom. The molecule has 1 fully saturated rings. The van der Waals surface area contributed by atoms with E-state index in [-0.39, 0.29) is 38.4 Å². The molecule has 1 N–H and O–H groups in total. The lowest BCUT2D eigenvalue weighted by atomic mass is 10.1. The van der Waals surface area contributed by atoms with Crippen molar-refractivity contribution in [1.82, 2.24) is 23.8 Å². The van der Waals surface area contributed by atoms with E-state index < -0.39 is 27.5 Å². The maximum Gasteiger partial charge on any atom is 0.410 e. The highest BCUT2D eigenvalue weighted by atomic mass is 35.5. The zero-order chi connectivity index (χ0) is 28.7. The Balaban J connectivity index is 1.49. The fraction of sp³-hybridized carbons (Fsp3) is 0.333. The van der Waals surface area contributed by atoms with Crippen molar-refractivity contribution < 1.29 is 22.3 Å². The van der Waals surface area contributed by atoms with Gasteiger partial charge in [-0.25, -0.2) is 36.5 Å². The Hall–Kier alpha value is -3.77. The van der Waals surface area contributed by atoms with Crippen molar-refractivity contribution in [2.75, 3.05) is 18.4 Å². The van der Waals surface area contributed by atoms with Gasteiger partial charge < -0.3 is 15.0 Å². The lowest BCUT2D eigenvalue weighted by molar-refractivity contribution is 0.0206. The summed E-state index contributed by atoms with van der Waals surface area (Å²) in [6, 6.07) is 8.90. The predicted octanol–water partition coefficient (Wildman–Crippen LogP) is 5.33. The summed E-state index contributed by atoms with van der Waals surface area (Å²) in [7, 11) is -4.05. The quantitative estimate of drug-likeness (QED) is 0.333. The molecule has 10 nitrogen and oxygen atoms in total. The van der Waals surface area contributed by atoms with Gasteiger partial charge in [-0.1, -0.05) is 29.8 Å². The summed E-state index contributed by atoms with van der Waals surface area (Å²) in [6.45, 7) is 6.40. The number of halogens is 2. The first kappa shape index (κ1) is 27.8. The van der Waals surface area contributed by atoms with Gasteiger partial charge in [0, 0.05) is 36.3 Å². The molecule has 210 valence electrons. The molecule has 1 aliphatic rings. The smallest absolute Gasteiger partial charge is 0.410 e. The maximum atomic E-state index is 14.3. The number of pyridine rings is 1. The second-order valence-electron chi connectivity index (χ2n) is 10.5. The average Bonchev–Trinajstić information content (AvgIpc) is 3.29. The molecule has 1 atom stereocenters. The molecule has 0 unspecified atom stereocenters. The number of amides is 1. The summed E-state index contributed by atoms with van der Waals surface area (Å²) >= 11 is 6.42. The Bertz CT molecular complexity index is 1670. The number of benzene rings is 1. The fourth-order valence-corrected chi connectivity index (χ4v) is 5.99. The molecule has 0 bridgehead atoms. The summed E-state index contributed by atoms with van der Waals surface area (Å²) < 4.78 is 47.7. The number of nitrogens with one attached hydrogen (secondary N) is 1. The lowest BCUT2D eigenvalue weighted by Crippen LogP contribution is -2.47. The third-order valence-corrected chi connectivity index (χ3v) is 8.22. The first-order chi connectivity index (χ1) is 18.9. The van der Waals surface area contributed by atoms with Crippen LogP contribution in [0.4, 0.5) is 15.0 Å². The van der Waals surface area contributed by atoms with E-state index in [1.54, 1.807) is 23.1 Å². The summed E-state index contributed by atoms with van der Waals surface area (Å²) in [4.78, 5) is 27.2. The molecule has 0 saturated carbocycles. The molecule has 4 heterocycles. The van der Waals surface area contributed by atoms with E-state index in [2.05, 4.69) is 20.3 Å². The van der Waals surface area contributed by atoms with E-state index >= 15 is 0 Å². The van der Waals surface area contributed by atoms with Crippen molar-refractivity contribution >= 4 is 44.6 Å². The minimum atomic E-state index is -4.05. The summed E-state index contributed by atoms with van der Waals surface area (Å²) in [6.07, 6.45) is 4.80. The van der Waals surface area contributed by atoms with Gasteiger partial charge in [-0.05, 0) is 51.8 Å². The minimum absolute atomic E-state index is 0.0357. The number of likely N-dealkylation sites (tertiary alicyclic amines) is 1. The normalized spacial score (nSPS) is 16.2. The van der Waals surface area contributed by atoms with E-state index in [1.165, 1.54) is 30.6 Å². The first-order valence-electron chi connectivity index (χ1n) is 12.7. The molecule has 1 saturated heterocycles. The summed E-state index contributed by atoms with van der Waals surface area (Å²) in [5.74, 6) is -0.203. The SMILES string of the molecule is CC(C)(C)OC(=O)N1CCC[C@H](Nc2nc(-c3cn(S(=O)(=O)c4ccccc4)c4ncc(F)cc34)ncc2Cl)C1. The number of piperidine rings is 1. The van der Waals surface area contributed by atoms with Crippen LogP contribution < -0.4 is 5.32 Å². The number of anilines is 1. The van der Waals surface area contributed by atoms with E-state index in [9.17, 15) is 17.6 Å². The third kappa shape index (κ3) is 5.73. The van der Waals surface area contributed by atoms with Crippen molar-refractivity contribution in [3.63, 3.8) is 0 Å². The van der Waals surface area contributed by atoms with Gasteiger partial charge in [0.25, 0.3) is 10.0 Å². The molecule has 4 aromatic rings. The number of fused-ring (bicyclic) bond motifs is 1. The molecule has 13 heteroatoms. The van der Waals surface area contributed by atoms with Gasteiger partial charge in [-0.15, -0.1) is 0 Å². The van der Waals surface area contributed by atoms with Crippen molar-refractivity contribution in [3.05, 3.63) is 65.8 Å². The van der Waals surface area contributed by atoms with Gasteiger partial charge in [-0.2, -0.15) is 0 Å². The average molecular weight is 587 g/mol. The zero-order valence-electron chi connectivity index (χ0n) is 22.1. The van der Waals surface area contributed by atoms with Crippen LogP contribution >= 0.6 is 11.6 Å². The van der Waals surface area contributed by atoms with Gasteiger partial charge in [0.15, 0.2) is 11.5 Å². The molecular formula is C27H28ClFN6O4S. The highest BCUT2D eigenvalue weighted by Gasteiger charge is 2.29. The van der Waals surface area contributed by atoms with E-state index in [0.717, 1.165) is 23.0 Å². The van der Waals surface area contributed by atoms with Crippen molar-refractivity contribution in [1.29, 1.82) is 0 Å². The van der Waals surface area contributed by atoms with Gasteiger partial charge in [0.2, 0.25) is 0 Å². The Morgan fingerprint density at radius 1 is 1.18 bits per heavy atom. The van der Waals surface area contributed by atoms with Gasteiger partial charge in [-0.3, -0.25) is 0 Å². The standard InChI is InChI=1S/C27H28ClFN6O4S/c1-27(2,3)39-26(36)34-11-7-8-18(15-34)32-24-22(28)14-30-23(33-24)21-16-35(25-20(21)12-17(29)13-31-25)40(37,38)19-9-5-4-6-10-19/h4-6,9-10,12-14,16,18H,7-8,11,15H2,1-3H3,(H,30,32,33)/t18-/m0/s1. The number of carbonyl (C=O) groups excluding carboxylic acids is 1. The number of rotatable bonds is 5. The zero-order valence-corrected chi connectivity index (χ0v) is 23.7. The number of hydrogen-bond donors (Lipinski definition) is 1. The van der Waals surface area contributed by atoms with Crippen LogP contribution in [-0.2, 0) is 14.8 Å². The molecule has 0 aliphatic carbocycles. The molecule has 0 radical (unpaired) electrons. The second-order valence-corrected chi connectivity index (χ2v) is 12.7. The third-order valence-electron chi connectivity index (χ3n) is 6.28. The summed E-state index contributed by atoms with van der Waals surface area (Å²) in [5.41, 5.74) is -0.307. The highest BCUT2D eigenvalue weighted by molar-refractivity contribution is 7.90. The van der Waals surface area contributed by atoms with Gasteiger partial charge >= 0.3 is 6.09 Å². The fourth-order valence-electron chi connectivity index (χ4n) is 4.50. The van der Waals surface area contributed by atoms with E-state index in [4.69, 9.17) is 16.3 Å². The predicted molar refractivity (Wildman–Crippen MR) is 149 cm³/mol. The van der Waals surface area contributed by atoms with Crippen LogP contribution in [0.5, 0.6) is 0 Å². The van der Waals surface area contributed by atoms with Crippen molar-refractivity contribution in [3.8, 4) is 11.4 Å². The largest absolute Gasteiger partial charge is 0.444 e. The van der Waals surface area contributed by atoms with Crippen LogP contribution in [0.25, 0.3) is 22.4 Å². The van der Waals surface area contributed by atoms with Gasteiger partial charge in [0.05, 0.1) is 17.3 Å². The number of aromatic nitrogens is 4. The maximum absolute atomic E-state index is 14.3. The molecule has 1 amide bonds. The molecule has 1 aliphatic heterocycles. The number of hydrogen-bond acceptors (Lipinski definition) is 8. The van der Waals surface area contributed by atoms with E-state index in [1.807, 2.05) is 20.8 Å². The Kier molecular flexibility index (Phi) is 7.40. The van der Waals surface area contributed by atoms with Crippen LogP contribution in [0.15, 0.2) is 59.9 Å². The number of ether oxygens (including phenoxy) is 1. The molecule has 0 spiro atoms. The minimum Gasteiger partial charge on any atom is -0.444 e. The second kappa shape index (κ2) is 10.7. The van der Waals surface area contributed by atoms with Crippen LogP contribution in [0.2, 0.25) is 5.02 Å². The summed E-state index contributed by atoms with van der Waals surface area (Å²) in [5, 5.41) is 3.74. The molecule has 5 rings (SSSR count). The van der Waals surface area contributed by atoms with Gasteiger partial charge in [0.1, 0.15) is 22.3 Å². The molecule has 1 aromatic carbocycles. The highest BCUT2D eigenvalue weighted by Crippen LogP contribution is 2.33. The monoisotopic (exact) mass is 586 g/mol. The lowest BCUT2D eigenvalue weighted by Gasteiger charge is -2.34. The van der Waals surface area contributed by atoms with Crippen molar-refractivity contribution in [2.24, 2.45) is 0 Å². The number of nitrogens with zero attached hydrogens (tertiary/aromatic N) is 5. The van der Waals surface area contributed by atoms with Crippen LogP contribution in [0.1, 0.15) is 33.6 Å². The van der Waals surface area contributed by atoms with Crippen molar-refractivity contribution in [2.45, 2.75) is 50.2 Å². The molecule has 3 aromatic heterocycles. The van der Waals surface area contributed by atoms with Crippen LogP contribution in [0.3, 0.4) is 0 Å². The Morgan fingerprint density at radius 3 is 2.65 bits per heavy atom.